The van der Waals surface area contributed by atoms with E-state index in [0.717, 1.165) is 5.56 Å². The van der Waals surface area contributed by atoms with E-state index in [1.54, 1.807) is 12.1 Å². The van der Waals surface area contributed by atoms with E-state index in [-0.39, 0.29) is 12.3 Å². The first-order valence-electron chi connectivity index (χ1n) is 8.62. The third-order valence-corrected chi connectivity index (χ3v) is 4.01. The fourth-order valence-electron chi connectivity index (χ4n) is 2.66. The van der Waals surface area contributed by atoms with Crippen molar-refractivity contribution >= 4 is 11.6 Å². The summed E-state index contributed by atoms with van der Waals surface area (Å²) in [6, 6.07) is 12.8. The van der Waals surface area contributed by atoms with E-state index in [9.17, 15) is 4.79 Å². The lowest BCUT2D eigenvalue weighted by Crippen LogP contribution is -2.12. The average molecular weight is 383 g/mol. The SMILES string of the molecule is COc1cc(NC(=O)CCc2nc(-c3ccccc3)no2)cc(OC)c1OC. The smallest absolute Gasteiger partial charge is 0.227 e. The van der Waals surface area contributed by atoms with Gasteiger partial charge < -0.3 is 24.1 Å². The van der Waals surface area contributed by atoms with Crippen LogP contribution in [-0.2, 0) is 11.2 Å². The van der Waals surface area contributed by atoms with E-state index < -0.39 is 0 Å². The van der Waals surface area contributed by atoms with E-state index in [2.05, 4.69) is 15.5 Å². The topological polar surface area (TPSA) is 95.7 Å². The first kappa shape index (κ1) is 19.2. The van der Waals surface area contributed by atoms with Crippen LogP contribution in [0.15, 0.2) is 47.0 Å². The molecule has 3 aromatic rings. The summed E-state index contributed by atoms with van der Waals surface area (Å²) in [5.74, 6) is 2.08. The Morgan fingerprint density at radius 2 is 1.71 bits per heavy atom. The molecule has 0 saturated heterocycles. The number of benzene rings is 2. The van der Waals surface area contributed by atoms with E-state index in [4.69, 9.17) is 18.7 Å². The Bertz CT molecular complexity index is 915. The molecule has 0 aliphatic rings. The summed E-state index contributed by atoms with van der Waals surface area (Å²) in [5.41, 5.74) is 1.40. The molecule has 1 amide bonds. The molecule has 0 radical (unpaired) electrons. The minimum absolute atomic E-state index is 0.188. The van der Waals surface area contributed by atoms with Crippen molar-refractivity contribution in [3.8, 4) is 28.6 Å². The van der Waals surface area contributed by atoms with Crippen LogP contribution in [0.25, 0.3) is 11.4 Å². The Labute approximate surface area is 162 Å². The lowest BCUT2D eigenvalue weighted by Gasteiger charge is -2.14. The molecule has 1 aromatic heterocycles. The number of rotatable bonds is 8. The summed E-state index contributed by atoms with van der Waals surface area (Å²) in [6.07, 6.45) is 0.517. The van der Waals surface area contributed by atoms with E-state index in [1.165, 1.54) is 21.3 Å². The zero-order valence-electron chi connectivity index (χ0n) is 15.9. The second-order valence-electron chi connectivity index (χ2n) is 5.84. The molecule has 0 aliphatic heterocycles. The van der Waals surface area contributed by atoms with Gasteiger partial charge in [0, 0.05) is 36.2 Å². The first-order chi connectivity index (χ1) is 13.6. The molecule has 8 nitrogen and oxygen atoms in total. The zero-order valence-corrected chi connectivity index (χ0v) is 15.9. The van der Waals surface area contributed by atoms with Crippen LogP contribution in [0, 0.1) is 0 Å². The van der Waals surface area contributed by atoms with Crippen molar-refractivity contribution in [2.45, 2.75) is 12.8 Å². The Morgan fingerprint density at radius 3 is 2.32 bits per heavy atom. The largest absolute Gasteiger partial charge is 0.493 e. The Morgan fingerprint density at radius 1 is 1.04 bits per heavy atom. The third-order valence-electron chi connectivity index (χ3n) is 4.01. The number of nitrogens with one attached hydrogen (secondary N) is 1. The summed E-state index contributed by atoms with van der Waals surface area (Å²) in [4.78, 5) is 16.6. The van der Waals surface area contributed by atoms with Crippen LogP contribution in [0.4, 0.5) is 5.69 Å². The van der Waals surface area contributed by atoms with Gasteiger partial charge in [0.05, 0.1) is 21.3 Å². The van der Waals surface area contributed by atoms with Crippen molar-refractivity contribution < 1.29 is 23.5 Å². The monoisotopic (exact) mass is 383 g/mol. The van der Waals surface area contributed by atoms with E-state index in [0.29, 0.717) is 41.1 Å². The van der Waals surface area contributed by atoms with Crippen LogP contribution in [0.2, 0.25) is 0 Å². The molecule has 8 heteroatoms. The van der Waals surface area contributed by atoms with Gasteiger partial charge in [-0.3, -0.25) is 4.79 Å². The number of methoxy groups -OCH3 is 3. The predicted molar refractivity (Wildman–Crippen MR) is 103 cm³/mol. The van der Waals surface area contributed by atoms with Crippen molar-refractivity contribution in [3.05, 3.63) is 48.4 Å². The van der Waals surface area contributed by atoms with Gasteiger partial charge in [-0.1, -0.05) is 35.5 Å². The minimum atomic E-state index is -0.200. The van der Waals surface area contributed by atoms with Gasteiger partial charge in [0.25, 0.3) is 0 Å². The summed E-state index contributed by atoms with van der Waals surface area (Å²) in [7, 11) is 4.55. The number of carbonyl (C=O) groups excluding carboxylic acids is 1. The molecule has 28 heavy (non-hydrogen) atoms. The fourth-order valence-corrected chi connectivity index (χ4v) is 2.66. The molecular formula is C20H21N3O5. The second kappa shape index (κ2) is 8.90. The highest BCUT2D eigenvalue weighted by Gasteiger charge is 2.15. The van der Waals surface area contributed by atoms with Gasteiger partial charge in [-0.15, -0.1) is 0 Å². The van der Waals surface area contributed by atoms with Crippen LogP contribution in [0.1, 0.15) is 12.3 Å². The van der Waals surface area contributed by atoms with Crippen LogP contribution < -0.4 is 19.5 Å². The number of ether oxygens (including phenoxy) is 3. The molecule has 3 rings (SSSR count). The third kappa shape index (κ3) is 4.40. The molecule has 0 atom stereocenters. The highest BCUT2D eigenvalue weighted by atomic mass is 16.5. The van der Waals surface area contributed by atoms with E-state index >= 15 is 0 Å². The van der Waals surface area contributed by atoms with Gasteiger partial charge in [-0.05, 0) is 0 Å². The number of aryl methyl sites for hydroxylation is 1. The molecule has 146 valence electrons. The quantitative estimate of drug-likeness (QED) is 0.637. The summed E-state index contributed by atoms with van der Waals surface area (Å²) >= 11 is 0. The Balaban J connectivity index is 1.63. The molecule has 0 aliphatic carbocycles. The fraction of sp³-hybridized carbons (Fsp3) is 0.250. The Hall–Kier alpha value is -3.55. The van der Waals surface area contributed by atoms with Crippen molar-refractivity contribution in [2.75, 3.05) is 26.6 Å². The maximum absolute atomic E-state index is 12.3. The van der Waals surface area contributed by atoms with Crippen LogP contribution in [0.5, 0.6) is 17.2 Å². The van der Waals surface area contributed by atoms with E-state index in [1.807, 2.05) is 30.3 Å². The molecule has 1 N–H and O–H groups in total. The van der Waals surface area contributed by atoms with Gasteiger partial charge in [0.15, 0.2) is 11.5 Å². The molecular weight excluding hydrogens is 362 g/mol. The minimum Gasteiger partial charge on any atom is -0.493 e. The number of aromatic nitrogens is 2. The van der Waals surface area contributed by atoms with Crippen LogP contribution in [0.3, 0.4) is 0 Å². The van der Waals surface area contributed by atoms with Crippen molar-refractivity contribution in [3.63, 3.8) is 0 Å². The summed E-state index contributed by atoms with van der Waals surface area (Å²) in [6.45, 7) is 0. The molecule has 0 saturated carbocycles. The summed E-state index contributed by atoms with van der Waals surface area (Å²) in [5, 5.41) is 6.76. The normalized spacial score (nSPS) is 10.4. The molecule has 0 spiro atoms. The standard InChI is InChI=1S/C20H21N3O5/c1-25-15-11-14(12-16(26-2)19(15)27-3)21-17(24)9-10-18-22-20(23-28-18)13-7-5-4-6-8-13/h4-8,11-12H,9-10H2,1-3H3,(H,21,24). The molecule has 2 aromatic carbocycles. The Kier molecular flexibility index (Phi) is 6.11. The maximum atomic E-state index is 12.3. The first-order valence-corrected chi connectivity index (χ1v) is 8.62. The number of hydrogen-bond donors (Lipinski definition) is 1. The van der Waals surface area contributed by atoms with Crippen LogP contribution in [-0.4, -0.2) is 37.4 Å². The number of carbonyl (C=O) groups is 1. The van der Waals surface area contributed by atoms with Gasteiger partial charge >= 0.3 is 0 Å². The number of anilines is 1. The van der Waals surface area contributed by atoms with Gasteiger partial charge in [0.1, 0.15) is 0 Å². The number of amides is 1. The maximum Gasteiger partial charge on any atom is 0.227 e. The number of hydrogen-bond acceptors (Lipinski definition) is 7. The van der Waals surface area contributed by atoms with Gasteiger partial charge in [-0.2, -0.15) is 4.98 Å². The highest BCUT2D eigenvalue weighted by molar-refractivity contribution is 5.91. The number of nitrogens with zero attached hydrogens (tertiary/aromatic N) is 2. The van der Waals surface area contributed by atoms with Crippen LogP contribution >= 0.6 is 0 Å². The van der Waals surface area contributed by atoms with Gasteiger partial charge in [0.2, 0.25) is 23.4 Å². The van der Waals surface area contributed by atoms with Crippen molar-refractivity contribution in [1.29, 1.82) is 0 Å². The van der Waals surface area contributed by atoms with Gasteiger partial charge in [-0.25, -0.2) is 0 Å². The average Bonchev–Trinajstić information content (AvgIpc) is 3.21. The lowest BCUT2D eigenvalue weighted by atomic mass is 10.2. The van der Waals surface area contributed by atoms with Crippen molar-refractivity contribution in [2.24, 2.45) is 0 Å². The lowest BCUT2D eigenvalue weighted by molar-refractivity contribution is -0.116. The van der Waals surface area contributed by atoms with Crippen molar-refractivity contribution in [1.82, 2.24) is 10.1 Å². The molecule has 1 heterocycles. The molecule has 0 fully saturated rings. The summed E-state index contributed by atoms with van der Waals surface area (Å²) < 4.78 is 21.1. The second-order valence-corrected chi connectivity index (χ2v) is 5.84. The zero-order chi connectivity index (χ0) is 19.9. The molecule has 0 unspecified atom stereocenters. The highest BCUT2D eigenvalue weighted by Crippen LogP contribution is 2.39. The molecule has 0 bridgehead atoms. The predicted octanol–water partition coefficient (Wildman–Crippen LogP) is 3.33.